The summed E-state index contributed by atoms with van der Waals surface area (Å²) in [6.45, 7) is 4.12. The Morgan fingerprint density at radius 3 is 2.54 bits per heavy atom. The average molecular weight is 483 g/mol. The molecule has 0 radical (unpaired) electrons. The van der Waals surface area contributed by atoms with Gasteiger partial charge in [-0.2, -0.15) is 5.10 Å². The molecule has 11 heteroatoms. The van der Waals surface area contributed by atoms with Crippen molar-refractivity contribution < 1.29 is 23.5 Å². The Labute approximate surface area is 198 Å². The van der Waals surface area contributed by atoms with E-state index in [0.29, 0.717) is 43.9 Å². The number of piperazine rings is 1. The third-order valence-corrected chi connectivity index (χ3v) is 5.85. The van der Waals surface area contributed by atoms with Crippen LogP contribution in [-0.2, 0) is 6.54 Å². The quantitative estimate of drug-likeness (QED) is 0.317. The minimum Gasteiger partial charge on any atom is -0.477 e. The average Bonchev–Trinajstić information content (AvgIpc) is 2.84. The molecule has 1 aliphatic rings. The van der Waals surface area contributed by atoms with Crippen LogP contribution in [0.25, 0.3) is 10.9 Å². The molecule has 0 unspecified atom stereocenters. The van der Waals surface area contributed by atoms with Gasteiger partial charge in [-0.3, -0.25) is 9.59 Å². The number of halogens is 2. The van der Waals surface area contributed by atoms with Gasteiger partial charge in [-0.25, -0.2) is 19.0 Å². The monoisotopic (exact) mass is 483 g/mol. The highest BCUT2D eigenvalue weighted by Crippen LogP contribution is 2.26. The molecule has 0 bridgehead atoms. The van der Waals surface area contributed by atoms with Gasteiger partial charge in [0.2, 0.25) is 5.43 Å². The van der Waals surface area contributed by atoms with E-state index in [0.717, 1.165) is 12.1 Å². The van der Waals surface area contributed by atoms with Crippen molar-refractivity contribution in [3.63, 3.8) is 0 Å². The molecule has 4 rings (SSSR count). The smallest absolute Gasteiger partial charge is 0.341 e. The fourth-order valence-electron chi connectivity index (χ4n) is 4.00. The standard InChI is InChI=1S/C24H23F2N5O4/c1-2-30-13-18(24(34)35)22(32)17-11-19(26)21(12-20(17)30)31-8-6-29(7-9-31)14-27-28-23(33)15-4-3-5-16(25)10-15/h3-5,10-14H,2,6-9H2,1H3,(H,28,33)(H,34,35)/b27-14+. The summed E-state index contributed by atoms with van der Waals surface area (Å²) in [4.78, 5) is 39.6. The summed E-state index contributed by atoms with van der Waals surface area (Å²) in [7, 11) is 0. The number of aromatic carboxylic acids is 1. The van der Waals surface area contributed by atoms with E-state index in [9.17, 15) is 28.3 Å². The Hall–Kier alpha value is -4.28. The maximum Gasteiger partial charge on any atom is 0.341 e. The van der Waals surface area contributed by atoms with Crippen LogP contribution in [0.5, 0.6) is 0 Å². The van der Waals surface area contributed by atoms with E-state index in [1.54, 1.807) is 10.6 Å². The van der Waals surface area contributed by atoms with E-state index in [2.05, 4.69) is 10.5 Å². The minimum absolute atomic E-state index is 0.0211. The molecule has 9 nitrogen and oxygen atoms in total. The first-order valence-electron chi connectivity index (χ1n) is 11.0. The zero-order valence-corrected chi connectivity index (χ0v) is 18.9. The van der Waals surface area contributed by atoms with Gasteiger partial charge in [0.05, 0.1) is 11.2 Å². The molecule has 0 saturated carbocycles. The second kappa shape index (κ2) is 9.92. The molecule has 0 aliphatic carbocycles. The molecule has 2 N–H and O–H groups in total. The molecule has 1 aliphatic heterocycles. The first-order valence-corrected chi connectivity index (χ1v) is 11.0. The van der Waals surface area contributed by atoms with Crippen LogP contribution in [0.2, 0.25) is 0 Å². The SMILES string of the molecule is CCn1cc(C(=O)O)c(=O)c2cc(F)c(N3CCN(/C=N/NC(=O)c4cccc(F)c4)CC3)cc21. The summed E-state index contributed by atoms with van der Waals surface area (Å²) < 4.78 is 29.8. The zero-order chi connectivity index (χ0) is 25.1. The number of carboxylic acid groups (broad SMARTS) is 1. The van der Waals surface area contributed by atoms with Gasteiger partial charge in [-0.05, 0) is 37.3 Å². The fourth-order valence-corrected chi connectivity index (χ4v) is 4.00. The van der Waals surface area contributed by atoms with Crippen molar-refractivity contribution in [2.24, 2.45) is 5.10 Å². The lowest BCUT2D eigenvalue weighted by atomic mass is 10.1. The summed E-state index contributed by atoms with van der Waals surface area (Å²) >= 11 is 0. The Morgan fingerprint density at radius 1 is 1.14 bits per heavy atom. The van der Waals surface area contributed by atoms with Crippen LogP contribution in [-0.4, -0.2) is 59.0 Å². The van der Waals surface area contributed by atoms with E-state index in [1.165, 1.54) is 30.7 Å². The predicted octanol–water partition coefficient (Wildman–Crippen LogP) is 2.49. The number of hydrogen-bond acceptors (Lipinski definition) is 5. The summed E-state index contributed by atoms with van der Waals surface area (Å²) in [5, 5.41) is 13.2. The highest BCUT2D eigenvalue weighted by molar-refractivity contribution is 5.94. The lowest BCUT2D eigenvalue weighted by molar-refractivity contribution is 0.0694. The second-order valence-corrected chi connectivity index (χ2v) is 8.00. The summed E-state index contributed by atoms with van der Waals surface area (Å²) in [5.41, 5.74) is 2.16. The molecule has 182 valence electrons. The van der Waals surface area contributed by atoms with E-state index in [4.69, 9.17) is 0 Å². The number of carbonyl (C=O) groups is 2. The Balaban J connectivity index is 1.46. The Bertz CT molecular complexity index is 1380. The number of pyridine rings is 1. The number of carbonyl (C=O) groups excluding carboxylic acids is 1. The van der Waals surface area contributed by atoms with Gasteiger partial charge in [-0.1, -0.05) is 6.07 Å². The van der Waals surface area contributed by atoms with Crippen molar-refractivity contribution >= 4 is 34.8 Å². The number of carboxylic acids is 1. The van der Waals surface area contributed by atoms with Gasteiger partial charge in [0, 0.05) is 49.9 Å². The molecule has 0 atom stereocenters. The number of fused-ring (bicyclic) bond motifs is 1. The Morgan fingerprint density at radius 2 is 1.89 bits per heavy atom. The first-order chi connectivity index (χ1) is 16.8. The third kappa shape index (κ3) is 4.98. The highest BCUT2D eigenvalue weighted by Gasteiger charge is 2.22. The van der Waals surface area contributed by atoms with E-state index in [-0.39, 0.29) is 10.9 Å². The number of nitrogens with zero attached hydrogens (tertiary/aromatic N) is 4. The second-order valence-electron chi connectivity index (χ2n) is 8.00. The third-order valence-electron chi connectivity index (χ3n) is 5.85. The number of hydrogen-bond donors (Lipinski definition) is 2. The van der Waals surface area contributed by atoms with E-state index < -0.39 is 34.5 Å². The number of nitrogens with one attached hydrogen (secondary N) is 1. The number of anilines is 1. The molecular formula is C24H23F2N5O4. The lowest BCUT2D eigenvalue weighted by Crippen LogP contribution is -2.46. The Kier molecular flexibility index (Phi) is 6.76. The normalized spacial score (nSPS) is 14.0. The zero-order valence-electron chi connectivity index (χ0n) is 18.9. The van der Waals surface area contributed by atoms with Gasteiger partial charge in [0.1, 0.15) is 23.5 Å². The molecule has 1 fully saturated rings. The summed E-state index contributed by atoms with van der Waals surface area (Å²) in [6, 6.07) is 7.94. The molecule has 1 saturated heterocycles. The molecular weight excluding hydrogens is 460 g/mol. The van der Waals surface area contributed by atoms with Gasteiger partial charge in [0.15, 0.2) is 0 Å². The number of aromatic nitrogens is 1. The lowest BCUT2D eigenvalue weighted by Gasteiger charge is -2.35. The minimum atomic E-state index is -1.35. The summed E-state index contributed by atoms with van der Waals surface area (Å²) in [6.07, 6.45) is 2.74. The van der Waals surface area contributed by atoms with Crippen LogP contribution in [0, 0.1) is 11.6 Å². The van der Waals surface area contributed by atoms with Gasteiger partial charge >= 0.3 is 5.97 Å². The summed E-state index contributed by atoms with van der Waals surface area (Å²) in [5.74, 6) is -3.01. The van der Waals surface area contributed by atoms with Crippen LogP contribution < -0.4 is 15.8 Å². The number of aryl methyl sites for hydroxylation is 1. The number of rotatable bonds is 6. The molecule has 35 heavy (non-hydrogen) atoms. The van der Waals surface area contributed by atoms with Crippen molar-refractivity contribution in [2.75, 3.05) is 31.1 Å². The molecule has 3 aromatic rings. The van der Waals surface area contributed by atoms with Crippen LogP contribution >= 0.6 is 0 Å². The van der Waals surface area contributed by atoms with Crippen molar-refractivity contribution in [1.29, 1.82) is 0 Å². The van der Waals surface area contributed by atoms with E-state index in [1.807, 2.05) is 16.7 Å². The molecule has 2 heterocycles. The van der Waals surface area contributed by atoms with Gasteiger partial charge < -0.3 is 19.5 Å². The molecule has 0 spiro atoms. The van der Waals surface area contributed by atoms with Gasteiger partial charge in [-0.15, -0.1) is 0 Å². The van der Waals surface area contributed by atoms with E-state index >= 15 is 0 Å². The van der Waals surface area contributed by atoms with Crippen LogP contribution in [0.1, 0.15) is 27.6 Å². The number of amides is 1. The van der Waals surface area contributed by atoms with Crippen LogP contribution in [0.4, 0.5) is 14.5 Å². The maximum absolute atomic E-state index is 15.0. The predicted molar refractivity (Wildman–Crippen MR) is 127 cm³/mol. The largest absolute Gasteiger partial charge is 0.477 e. The van der Waals surface area contributed by atoms with Crippen LogP contribution in [0.3, 0.4) is 0 Å². The molecule has 1 amide bonds. The first kappa shape index (κ1) is 23.9. The fraction of sp³-hybridized carbons (Fsp3) is 0.250. The topological polar surface area (TPSA) is 107 Å². The maximum atomic E-state index is 15.0. The van der Waals surface area contributed by atoms with Crippen molar-refractivity contribution in [1.82, 2.24) is 14.9 Å². The molecule has 1 aromatic heterocycles. The number of hydrazone groups is 1. The van der Waals surface area contributed by atoms with Crippen molar-refractivity contribution in [3.05, 3.63) is 75.6 Å². The molecule has 2 aromatic carbocycles. The van der Waals surface area contributed by atoms with Crippen molar-refractivity contribution in [2.45, 2.75) is 13.5 Å². The number of benzene rings is 2. The van der Waals surface area contributed by atoms with Crippen molar-refractivity contribution in [3.8, 4) is 0 Å². The highest BCUT2D eigenvalue weighted by atomic mass is 19.1. The van der Waals surface area contributed by atoms with Gasteiger partial charge in [0.25, 0.3) is 5.91 Å². The van der Waals surface area contributed by atoms with Crippen LogP contribution in [0.15, 0.2) is 52.5 Å².